The van der Waals surface area contributed by atoms with Crippen LogP contribution in [-0.2, 0) is 4.79 Å². The van der Waals surface area contributed by atoms with E-state index < -0.39 is 5.82 Å². The summed E-state index contributed by atoms with van der Waals surface area (Å²) in [5.41, 5.74) is 0.126. The lowest BCUT2D eigenvalue weighted by atomic mass is 10.0. The molecular formula is C15H22Cl2FN3O. The lowest BCUT2D eigenvalue weighted by Gasteiger charge is -2.35. The van der Waals surface area contributed by atoms with E-state index in [-0.39, 0.29) is 30.0 Å². The van der Waals surface area contributed by atoms with Crippen LogP contribution >= 0.6 is 24.0 Å². The van der Waals surface area contributed by atoms with Crippen LogP contribution in [0.1, 0.15) is 19.8 Å². The third-order valence-corrected chi connectivity index (χ3v) is 4.21. The van der Waals surface area contributed by atoms with Gasteiger partial charge in [0.25, 0.3) is 0 Å². The van der Waals surface area contributed by atoms with E-state index in [9.17, 15) is 9.18 Å². The fourth-order valence-corrected chi connectivity index (χ4v) is 2.76. The summed E-state index contributed by atoms with van der Waals surface area (Å²) in [7, 11) is 1.93. The zero-order valence-corrected chi connectivity index (χ0v) is 14.3. The molecule has 0 saturated carbocycles. The molecule has 1 aromatic carbocycles. The summed E-state index contributed by atoms with van der Waals surface area (Å²) in [6.45, 7) is 3.55. The van der Waals surface area contributed by atoms with Crippen LogP contribution in [0.3, 0.4) is 0 Å². The molecule has 0 spiro atoms. The van der Waals surface area contributed by atoms with Crippen molar-refractivity contribution in [3.05, 3.63) is 29.0 Å². The molecule has 1 aliphatic rings. The van der Waals surface area contributed by atoms with Crippen molar-refractivity contribution in [1.82, 2.24) is 10.2 Å². The van der Waals surface area contributed by atoms with Crippen molar-refractivity contribution in [2.24, 2.45) is 0 Å². The molecule has 2 atom stereocenters. The Kier molecular flexibility index (Phi) is 7.56. The van der Waals surface area contributed by atoms with Crippen LogP contribution in [-0.4, -0.2) is 43.0 Å². The normalized spacial score (nSPS) is 20.1. The Hall–Kier alpha value is -0.880. The van der Waals surface area contributed by atoms with Gasteiger partial charge in [0.05, 0.1) is 11.7 Å². The molecule has 1 aliphatic heterocycles. The van der Waals surface area contributed by atoms with Gasteiger partial charge in [-0.05, 0) is 51.6 Å². The number of likely N-dealkylation sites (tertiary alicyclic amines) is 1. The summed E-state index contributed by atoms with van der Waals surface area (Å²) in [4.78, 5) is 14.4. The summed E-state index contributed by atoms with van der Waals surface area (Å²) >= 11 is 5.83. The zero-order valence-electron chi connectivity index (χ0n) is 12.7. The molecule has 0 aromatic heterocycles. The van der Waals surface area contributed by atoms with E-state index in [0.717, 1.165) is 25.9 Å². The van der Waals surface area contributed by atoms with Crippen LogP contribution in [0.25, 0.3) is 0 Å². The fraction of sp³-hybridized carbons (Fsp3) is 0.533. The van der Waals surface area contributed by atoms with Gasteiger partial charge in [-0.2, -0.15) is 0 Å². The average molecular weight is 350 g/mol. The Bertz CT molecular complexity index is 516. The molecule has 0 bridgehead atoms. The first-order valence-corrected chi connectivity index (χ1v) is 7.56. The summed E-state index contributed by atoms with van der Waals surface area (Å²) in [5, 5.41) is 6.26. The number of benzene rings is 1. The molecule has 2 N–H and O–H groups in total. The highest BCUT2D eigenvalue weighted by Crippen LogP contribution is 2.20. The second kappa shape index (κ2) is 8.67. The molecule has 0 radical (unpaired) electrons. The van der Waals surface area contributed by atoms with E-state index in [1.807, 2.05) is 14.0 Å². The number of carbonyl (C=O) groups is 1. The Morgan fingerprint density at radius 2 is 2.23 bits per heavy atom. The highest BCUT2D eigenvalue weighted by atomic mass is 35.5. The third kappa shape index (κ3) is 4.81. The van der Waals surface area contributed by atoms with Gasteiger partial charge < -0.3 is 10.6 Å². The first-order chi connectivity index (χ1) is 10.0. The van der Waals surface area contributed by atoms with Crippen molar-refractivity contribution < 1.29 is 9.18 Å². The molecule has 1 saturated heterocycles. The SMILES string of the molecule is CNC1CCCN(C(C)C(=O)Nc2cc(Cl)ccc2F)C1.Cl. The molecule has 22 heavy (non-hydrogen) atoms. The van der Waals surface area contributed by atoms with Gasteiger partial charge in [-0.25, -0.2) is 4.39 Å². The number of rotatable bonds is 4. The van der Waals surface area contributed by atoms with Crippen LogP contribution in [0, 0.1) is 5.82 Å². The Balaban J connectivity index is 0.00000242. The van der Waals surface area contributed by atoms with Crippen molar-refractivity contribution in [3.63, 3.8) is 0 Å². The van der Waals surface area contributed by atoms with Crippen molar-refractivity contribution in [3.8, 4) is 0 Å². The number of anilines is 1. The largest absolute Gasteiger partial charge is 0.322 e. The van der Waals surface area contributed by atoms with E-state index >= 15 is 0 Å². The minimum Gasteiger partial charge on any atom is -0.322 e. The average Bonchev–Trinajstić information content (AvgIpc) is 2.50. The zero-order chi connectivity index (χ0) is 15.4. The maximum absolute atomic E-state index is 13.7. The molecule has 1 fully saturated rings. The number of likely N-dealkylation sites (N-methyl/N-ethyl adjacent to an activating group) is 1. The highest BCUT2D eigenvalue weighted by Gasteiger charge is 2.27. The molecule has 1 heterocycles. The van der Waals surface area contributed by atoms with Crippen LogP contribution in [0.2, 0.25) is 5.02 Å². The monoisotopic (exact) mass is 349 g/mol. The van der Waals surface area contributed by atoms with Crippen molar-refractivity contribution in [2.75, 3.05) is 25.5 Å². The highest BCUT2D eigenvalue weighted by molar-refractivity contribution is 6.30. The number of hydrogen-bond acceptors (Lipinski definition) is 3. The van der Waals surface area contributed by atoms with E-state index in [0.29, 0.717) is 11.1 Å². The first-order valence-electron chi connectivity index (χ1n) is 7.18. The van der Waals surface area contributed by atoms with E-state index in [1.54, 1.807) is 0 Å². The summed E-state index contributed by atoms with van der Waals surface area (Å²) in [6, 6.07) is 4.23. The Morgan fingerprint density at radius 1 is 1.50 bits per heavy atom. The number of nitrogens with one attached hydrogen (secondary N) is 2. The van der Waals surface area contributed by atoms with Gasteiger partial charge in [0, 0.05) is 17.6 Å². The lowest BCUT2D eigenvalue weighted by Crippen LogP contribution is -2.51. The van der Waals surface area contributed by atoms with E-state index in [4.69, 9.17) is 11.6 Å². The number of hydrogen-bond donors (Lipinski definition) is 2. The minimum absolute atomic E-state index is 0. The number of piperidine rings is 1. The minimum atomic E-state index is -0.480. The van der Waals surface area contributed by atoms with Gasteiger partial charge in [-0.1, -0.05) is 11.6 Å². The van der Waals surface area contributed by atoms with E-state index in [1.165, 1.54) is 18.2 Å². The van der Waals surface area contributed by atoms with Gasteiger partial charge in [0.2, 0.25) is 5.91 Å². The number of nitrogens with zero attached hydrogens (tertiary/aromatic N) is 1. The number of carbonyl (C=O) groups excluding carboxylic acids is 1. The van der Waals surface area contributed by atoms with Crippen LogP contribution in [0.15, 0.2) is 18.2 Å². The van der Waals surface area contributed by atoms with Crippen LogP contribution < -0.4 is 10.6 Å². The quantitative estimate of drug-likeness (QED) is 0.878. The van der Waals surface area contributed by atoms with Gasteiger partial charge >= 0.3 is 0 Å². The fourth-order valence-electron chi connectivity index (χ4n) is 2.59. The van der Waals surface area contributed by atoms with Crippen molar-refractivity contribution in [2.45, 2.75) is 31.8 Å². The van der Waals surface area contributed by atoms with E-state index in [2.05, 4.69) is 15.5 Å². The summed E-state index contributed by atoms with van der Waals surface area (Å²) < 4.78 is 13.7. The maximum Gasteiger partial charge on any atom is 0.241 e. The molecule has 0 aliphatic carbocycles. The second-order valence-corrected chi connectivity index (χ2v) is 5.85. The number of amides is 1. The Labute approximate surface area is 141 Å². The first kappa shape index (κ1) is 19.2. The van der Waals surface area contributed by atoms with Gasteiger partial charge in [0.1, 0.15) is 5.82 Å². The van der Waals surface area contributed by atoms with Crippen LogP contribution in [0.5, 0.6) is 0 Å². The molecule has 1 amide bonds. The van der Waals surface area contributed by atoms with Gasteiger partial charge in [-0.3, -0.25) is 9.69 Å². The summed E-state index contributed by atoms with van der Waals surface area (Å²) in [5.74, 6) is -0.695. The topological polar surface area (TPSA) is 44.4 Å². The Morgan fingerprint density at radius 3 is 2.91 bits per heavy atom. The molecule has 2 unspecified atom stereocenters. The van der Waals surface area contributed by atoms with Gasteiger partial charge in [0.15, 0.2) is 0 Å². The van der Waals surface area contributed by atoms with Gasteiger partial charge in [-0.15, -0.1) is 12.4 Å². The second-order valence-electron chi connectivity index (χ2n) is 5.41. The molecule has 124 valence electrons. The van der Waals surface area contributed by atoms with Crippen molar-refractivity contribution in [1.29, 1.82) is 0 Å². The third-order valence-electron chi connectivity index (χ3n) is 3.97. The number of halogens is 3. The molecular weight excluding hydrogens is 328 g/mol. The summed E-state index contributed by atoms with van der Waals surface area (Å²) in [6.07, 6.45) is 2.17. The standard InChI is InChI=1S/C15H21ClFN3O.ClH/c1-10(20-7-3-4-12(9-20)18-2)15(21)19-14-8-11(16)5-6-13(14)17;/h5-6,8,10,12,18H,3-4,7,9H2,1-2H3,(H,19,21);1H. The smallest absolute Gasteiger partial charge is 0.241 e. The predicted molar refractivity (Wildman–Crippen MR) is 90.4 cm³/mol. The van der Waals surface area contributed by atoms with Crippen molar-refractivity contribution >= 4 is 35.6 Å². The molecule has 1 aromatic rings. The molecule has 7 heteroatoms. The molecule has 4 nitrogen and oxygen atoms in total. The van der Waals surface area contributed by atoms with Crippen LogP contribution in [0.4, 0.5) is 10.1 Å². The molecule has 2 rings (SSSR count). The predicted octanol–water partition coefficient (Wildman–Crippen LogP) is 2.91. The lowest BCUT2D eigenvalue weighted by molar-refractivity contribution is -0.121. The maximum atomic E-state index is 13.7.